The molecule has 162 valence electrons. The van der Waals surface area contributed by atoms with Gasteiger partial charge in [0, 0.05) is 30.9 Å². The fourth-order valence-corrected chi connectivity index (χ4v) is 4.32. The number of hydrogen-bond donors (Lipinski definition) is 2. The standard InChI is InChI=1S/C20H21N5O5S/c26-16(21-12-3-4-12)11-2-1-7-25(9-11)20(28)19-24-23-18(31-19)17(27)22-13-5-6-14-15(8-13)30-10-29-14/h5-6,8,11-12H,1-4,7,9-10H2,(H,21,26)(H,22,27). The summed E-state index contributed by atoms with van der Waals surface area (Å²) in [5.74, 6) is 0.212. The Kier molecular flexibility index (Phi) is 5.18. The molecule has 2 fully saturated rings. The molecule has 1 unspecified atom stereocenters. The summed E-state index contributed by atoms with van der Waals surface area (Å²) in [7, 11) is 0. The van der Waals surface area contributed by atoms with Gasteiger partial charge in [0.15, 0.2) is 11.5 Å². The molecule has 1 aromatic carbocycles. The van der Waals surface area contributed by atoms with Gasteiger partial charge >= 0.3 is 0 Å². The zero-order chi connectivity index (χ0) is 21.4. The number of fused-ring (bicyclic) bond motifs is 1. The van der Waals surface area contributed by atoms with E-state index in [4.69, 9.17) is 9.47 Å². The largest absolute Gasteiger partial charge is 0.454 e. The molecule has 1 saturated heterocycles. The molecule has 1 aliphatic carbocycles. The lowest BCUT2D eigenvalue weighted by atomic mass is 9.97. The Balaban J connectivity index is 1.21. The summed E-state index contributed by atoms with van der Waals surface area (Å²) in [5, 5.41) is 13.7. The number of nitrogens with one attached hydrogen (secondary N) is 2. The van der Waals surface area contributed by atoms with Crippen molar-refractivity contribution in [2.45, 2.75) is 31.7 Å². The number of carbonyl (C=O) groups is 3. The molecular weight excluding hydrogens is 422 g/mol. The van der Waals surface area contributed by atoms with E-state index in [2.05, 4.69) is 20.8 Å². The zero-order valence-corrected chi connectivity index (χ0v) is 17.4. The summed E-state index contributed by atoms with van der Waals surface area (Å²) in [6.45, 7) is 1.06. The maximum atomic E-state index is 12.9. The highest BCUT2D eigenvalue weighted by molar-refractivity contribution is 7.15. The summed E-state index contributed by atoms with van der Waals surface area (Å²) in [4.78, 5) is 39.4. The molecule has 2 N–H and O–H groups in total. The Morgan fingerprint density at radius 1 is 1.06 bits per heavy atom. The van der Waals surface area contributed by atoms with Gasteiger partial charge in [-0.1, -0.05) is 11.3 Å². The highest BCUT2D eigenvalue weighted by Crippen LogP contribution is 2.34. The summed E-state index contributed by atoms with van der Waals surface area (Å²) in [6.07, 6.45) is 3.58. The van der Waals surface area contributed by atoms with Gasteiger partial charge in [0.1, 0.15) is 0 Å². The van der Waals surface area contributed by atoms with Gasteiger partial charge in [-0.2, -0.15) is 0 Å². The molecule has 10 nitrogen and oxygen atoms in total. The van der Waals surface area contributed by atoms with Crippen molar-refractivity contribution in [2.75, 3.05) is 25.2 Å². The predicted molar refractivity (Wildman–Crippen MR) is 110 cm³/mol. The molecule has 3 amide bonds. The Hall–Kier alpha value is -3.21. The summed E-state index contributed by atoms with van der Waals surface area (Å²) in [5.41, 5.74) is 0.526. The number of likely N-dealkylation sites (tertiary alicyclic amines) is 1. The Labute approximate surface area is 181 Å². The van der Waals surface area contributed by atoms with Gasteiger partial charge in [-0.15, -0.1) is 10.2 Å². The van der Waals surface area contributed by atoms with Gasteiger partial charge in [0.2, 0.25) is 22.7 Å². The Morgan fingerprint density at radius 2 is 1.87 bits per heavy atom. The Morgan fingerprint density at radius 3 is 2.71 bits per heavy atom. The molecule has 2 aromatic rings. The summed E-state index contributed by atoms with van der Waals surface area (Å²) < 4.78 is 10.6. The molecule has 11 heteroatoms. The van der Waals surface area contributed by atoms with E-state index in [1.807, 2.05) is 0 Å². The minimum Gasteiger partial charge on any atom is -0.454 e. The molecule has 31 heavy (non-hydrogen) atoms. The van der Waals surface area contributed by atoms with Gasteiger partial charge in [-0.25, -0.2) is 0 Å². The summed E-state index contributed by atoms with van der Waals surface area (Å²) in [6, 6.07) is 5.36. The molecule has 1 atom stereocenters. The van der Waals surface area contributed by atoms with Crippen LogP contribution in [0, 0.1) is 5.92 Å². The monoisotopic (exact) mass is 443 g/mol. The molecule has 1 saturated carbocycles. The van der Waals surface area contributed by atoms with Crippen molar-refractivity contribution >= 4 is 34.7 Å². The summed E-state index contributed by atoms with van der Waals surface area (Å²) >= 11 is 0.936. The lowest BCUT2D eigenvalue weighted by Gasteiger charge is -2.31. The van der Waals surface area contributed by atoms with Crippen LogP contribution in [0.3, 0.4) is 0 Å². The normalized spacial score (nSPS) is 19.7. The van der Waals surface area contributed by atoms with E-state index < -0.39 is 5.91 Å². The van der Waals surface area contributed by atoms with Gasteiger partial charge in [0.25, 0.3) is 11.8 Å². The maximum absolute atomic E-state index is 12.9. The minimum atomic E-state index is -0.462. The fourth-order valence-electron chi connectivity index (χ4n) is 3.62. The number of rotatable bonds is 5. The number of amides is 3. The molecule has 2 aliphatic heterocycles. The molecule has 0 bridgehead atoms. The number of carbonyl (C=O) groups excluding carboxylic acids is 3. The average molecular weight is 443 g/mol. The quantitative estimate of drug-likeness (QED) is 0.720. The second-order valence-electron chi connectivity index (χ2n) is 7.81. The van der Waals surface area contributed by atoms with Crippen LogP contribution in [0.2, 0.25) is 0 Å². The number of aromatic nitrogens is 2. The highest BCUT2D eigenvalue weighted by Gasteiger charge is 2.33. The lowest BCUT2D eigenvalue weighted by molar-refractivity contribution is -0.126. The van der Waals surface area contributed by atoms with E-state index in [0.717, 1.165) is 37.0 Å². The van der Waals surface area contributed by atoms with Crippen LogP contribution in [0.4, 0.5) is 5.69 Å². The van der Waals surface area contributed by atoms with Crippen molar-refractivity contribution in [3.8, 4) is 11.5 Å². The first-order valence-corrected chi connectivity index (χ1v) is 11.0. The number of ether oxygens (including phenoxy) is 2. The van der Waals surface area contributed by atoms with Crippen LogP contribution in [0.15, 0.2) is 18.2 Å². The highest BCUT2D eigenvalue weighted by atomic mass is 32.1. The third-order valence-corrected chi connectivity index (χ3v) is 6.35. The smallest absolute Gasteiger partial charge is 0.286 e. The number of benzene rings is 1. The fraction of sp³-hybridized carbons (Fsp3) is 0.450. The number of anilines is 1. The van der Waals surface area contributed by atoms with E-state index in [1.165, 1.54) is 0 Å². The van der Waals surface area contributed by atoms with Gasteiger partial charge < -0.3 is 25.0 Å². The molecule has 0 spiro atoms. The van der Waals surface area contributed by atoms with Gasteiger partial charge in [0.05, 0.1) is 5.92 Å². The van der Waals surface area contributed by atoms with E-state index in [0.29, 0.717) is 36.3 Å². The second-order valence-corrected chi connectivity index (χ2v) is 8.79. The van der Waals surface area contributed by atoms with Gasteiger partial charge in [-0.3, -0.25) is 14.4 Å². The molecule has 5 rings (SSSR count). The van der Waals surface area contributed by atoms with E-state index >= 15 is 0 Å². The van der Waals surface area contributed by atoms with Gasteiger partial charge in [-0.05, 0) is 37.8 Å². The third-order valence-electron chi connectivity index (χ3n) is 5.44. The van der Waals surface area contributed by atoms with Crippen molar-refractivity contribution in [3.63, 3.8) is 0 Å². The number of nitrogens with zero attached hydrogens (tertiary/aromatic N) is 3. The maximum Gasteiger partial charge on any atom is 0.286 e. The average Bonchev–Trinajstić information content (AvgIpc) is 3.27. The van der Waals surface area contributed by atoms with Crippen LogP contribution < -0.4 is 20.1 Å². The van der Waals surface area contributed by atoms with Crippen molar-refractivity contribution in [2.24, 2.45) is 5.92 Å². The van der Waals surface area contributed by atoms with Crippen LogP contribution in [0.1, 0.15) is 45.3 Å². The first kappa shape index (κ1) is 19.7. The SMILES string of the molecule is O=C(Nc1ccc2c(c1)OCO2)c1nnc(C(=O)N2CCCC(C(=O)NC3CC3)C2)s1. The van der Waals surface area contributed by atoms with Crippen LogP contribution in [0.25, 0.3) is 0 Å². The van der Waals surface area contributed by atoms with Crippen molar-refractivity contribution in [1.82, 2.24) is 20.4 Å². The van der Waals surface area contributed by atoms with Crippen molar-refractivity contribution in [3.05, 3.63) is 28.2 Å². The third kappa shape index (κ3) is 4.31. The van der Waals surface area contributed by atoms with E-state index in [9.17, 15) is 14.4 Å². The van der Waals surface area contributed by atoms with Crippen LogP contribution in [-0.4, -0.2) is 58.7 Å². The van der Waals surface area contributed by atoms with Crippen molar-refractivity contribution < 1.29 is 23.9 Å². The minimum absolute atomic E-state index is 0.0149. The van der Waals surface area contributed by atoms with Crippen molar-refractivity contribution in [1.29, 1.82) is 0 Å². The van der Waals surface area contributed by atoms with Crippen LogP contribution in [-0.2, 0) is 4.79 Å². The van der Waals surface area contributed by atoms with Crippen LogP contribution >= 0.6 is 11.3 Å². The molecule has 1 aromatic heterocycles. The van der Waals surface area contributed by atoms with Crippen LogP contribution in [0.5, 0.6) is 11.5 Å². The van der Waals surface area contributed by atoms with E-state index in [1.54, 1.807) is 23.1 Å². The molecular formula is C20H21N5O5S. The molecule has 3 heterocycles. The first-order valence-electron chi connectivity index (χ1n) is 10.2. The Bertz CT molecular complexity index is 1040. The predicted octanol–water partition coefficient (Wildman–Crippen LogP) is 1.65. The topological polar surface area (TPSA) is 123 Å². The zero-order valence-electron chi connectivity index (χ0n) is 16.6. The lowest BCUT2D eigenvalue weighted by Crippen LogP contribution is -2.45. The molecule has 0 radical (unpaired) electrons. The number of piperidine rings is 1. The number of hydrogen-bond acceptors (Lipinski definition) is 8. The molecule has 3 aliphatic rings. The second kappa shape index (κ2) is 8.14. The van der Waals surface area contributed by atoms with E-state index in [-0.39, 0.29) is 34.5 Å². The first-order chi connectivity index (χ1) is 15.1.